The molecule has 0 aliphatic carbocycles. The van der Waals surface area contributed by atoms with Gasteiger partial charge in [0.25, 0.3) is 0 Å². The Labute approximate surface area is 38.4 Å². The summed E-state index contributed by atoms with van der Waals surface area (Å²) >= 11 is 0. The molecular weight excluding hydrogens is 74.1 g/mol. The topological polar surface area (TPSA) is 12.4 Å². The average molecular weight is 83.1 g/mol. The maximum atomic E-state index is 3.85. The number of hydrogen-bond acceptors (Lipinski definition) is 1. The van der Waals surface area contributed by atoms with Crippen molar-refractivity contribution >= 4 is 6.21 Å². The minimum Gasteiger partial charge on any atom is -0.294 e. The van der Waals surface area contributed by atoms with Crippen molar-refractivity contribution in [3.63, 3.8) is 0 Å². The first kappa shape index (κ1) is 5.41. The lowest BCUT2D eigenvalue weighted by Gasteiger charge is -1.72. The van der Waals surface area contributed by atoms with Gasteiger partial charge in [0.15, 0.2) is 0 Å². The fourth-order valence-electron chi connectivity index (χ4n) is 0.180. The van der Waals surface area contributed by atoms with Crippen LogP contribution in [0.4, 0.5) is 0 Å². The molecule has 1 nitrogen and oxygen atoms in total. The molecule has 0 aliphatic rings. The van der Waals surface area contributed by atoms with Gasteiger partial charge in [0, 0.05) is 0 Å². The highest BCUT2D eigenvalue weighted by atomic mass is 14.7. The van der Waals surface area contributed by atoms with E-state index in [-0.39, 0.29) is 0 Å². The van der Waals surface area contributed by atoms with Crippen LogP contribution in [0.15, 0.2) is 17.6 Å². The van der Waals surface area contributed by atoms with Gasteiger partial charge in [-0.25, -0.2) is 0 Å². The zero-order valence-corrected chi connectivity index (χ0v) is 4.02. The fourth-order valence-corrected chi connectivity index (χ4v) is 0.180. The van der Waals surface area contributed by atoms with Crippen LogP contribution < -0.4 is 0 Å². The predicted octanol–water partition coefficient (Wildman–Crippen LogP) is 1.26. The van der Waals surface area contributed by atoms with Gasteiger partial charge in [0.1, 0.15) is 0 Å². The Bertz CT molecular complexity index is 55.0. The molecule has 6 heavy (non-hydrogen) atoms. The minimum absolute atomic E-state index is 0.747. The molecule has 0 heterocycles. The normalized spacial score (nSPS) is 9.50. The van der Waals surface area contributed by atoms with Gasteiger partial charge < -0.3 is 0 Å². The fraction of sp³-hybridized carbons (Fsp3) is 0.400. The van der Waals surface area contributed by atoms with Gasteiger partial charge in [-0.1, -0.05) is 6.08 Å². The molecule has 0 radical (unpaired) electrons. The highest BCUT2D eigenvalue weighted by Gasteiger charge is 1.56. The molecule has 0 aromatic carbocycles. The SMILES string of the molecule is C=CCN=CC. The molecule has 0 amide bonds. The highest BCUT2D eigenvalue weighted by molar-refractivity contribution is 5.53. The molecule has 0 aromatic rings. The molecule has 0 N–H and O–H groups in total. The molecule has 0 spiro atoms. The molecule has 34 valence electrons. The van der Waals surface area contributed by atoms with Gasteiger partial charge in [0.05, 0.1) is 6.54 Å². The molecule has 0 bridgehead atoms. The molecule has 0 saturated heterocycles. The van der Waals surface area contributed by atoms with Gasteiger partial charge in [-0.3, -0.25) is 4.99 Å². The van der Waals surface area contributed by atoms with E-state index in [0.29, 0.717) is 0 Å². The summed E-state index contributed by atoms with van der Waals surface area (Å²) in [5, 5.41) is 0. The molecule has 0 atom stereocenters. The van der Waals surface area contributed by atoms with Crippen molar-refractivity contribution in [1.29, 1.82) is 0 Å². The monoisotopic (exact) mass is 83.1 g/mol. The van der Waals surface area contributed by atoms with E-state index in [2.05, 4.69) is 11.6 Å². The van der Waals surface area contributed by atoms with Crippen LogP contribution in [0.1, 0.15) is 6.92 Å². The molecule has 0 saturated carbocycles. The number of hydrogen-bond donors (Lipinski definition) is 0. The van der Waals surface area contributed by atoms with E-state index in [1.165, 1.54) is 0 Å². The molecule has 0 fully saturated rings. The molecule has 0 aliphatic heterocycles. The van der Waals surface area contributed by atoms with Crippen LogP contribution >= 0.6 is 0 Å². The lowest BCUT2D eigenvalue weighted by atomic mass is 10.6. The Morgan fingerprint density at radius 3 is 2.67 bits per heavy atom. The van der Waals surface area contributed by atoms with Gasteiger partial charge in [-0.05, 0) is 13.1 Å². The first-order chi connectivity index (χ1) is 2.91. The van der Waals surface area contributed by atoms with Crippen LogP contribution in [0.2, 0.25) is 0 Å². The van der Waals surface area contributed by atoms with E-state index < -0.39 is 0 Å². The van der Waals surface area contributed by atoms with Crippen molar-refractivity contribution in [2.75, 3.05) is 6.54 Å². The molecule has 1 heteroatoms. The zero-order chi connectivity index (χ0) is 4.83. The Hall–Kier alpha value is -0.590. The number of aliphatic imine (C=N–C) groups is 1. The van der Waals surface area contributed by atoms with Crippen LogP contribution in [0, 0.1) is 0 Å². The van der Waals surface area contributed by atoms with Gasteiger partial charge in [-0.2, -0.15) is 0 Å². The van der Waals surface area contributed by atoms with Crippen LogP contribution in [0.25, 0.3) is 0 Å². The van der Waals surface area contributed by atoms with Gasteiger partial charge in [0.2, 0.25) is 0 Å². The summed E-state index contributed by atoms with van der Waals surface area (Å²) in [6.45, 7) is 6.12. The largest absolute Gasteiger partial charge is 0.294 e. The summed E-state index contributed by atoms with van der Waals surface area (Å²) in [5.41, 5.74) is 0. The van der Waals surface area contributed by atoms with E-state index in [4.69, 9.17) is 0 Å². The summed E-state index contributed by atoms with van der Waals surface area (Å²) in [7, 11) is 0. The Kier molecular flexibility index (Phi) is 3.98. The van der Waals surface area contributed by atoms with E-state index >= 15 is 0 Å². The standard InChI is InChI=1S/C5H9N/c1-3-5-6-4-2/h3-4H,1,5H2,2H3. The number of nitrogens with zero attached hydrogens (tertiary/aromatic N) is 1. The second-order valence-corrected chi connectivity index (χ2v) is 0.912. The Balaban J connectivity index is 2.85. The maximum absolute atomic E-state index is 3.85. The van der Waals surface area contributed by atoms with Crippen LogP contribution in [-0.4, -0.2) is 12.8 Å². The van der Waals surface area contributed by atoms with Gasteiger partial charge >= 0.3 is 0 Å². The Morgan fingerprint density at radius 1 is 1.83 bits per heavy atom. The summed E-state index contributed by atoms with van der Waals surface area (Å²) in [4.78, 5) is 3.85. The van der Waals surface area contributed by atoms with Crippen molar-refractivity contribution in [3.8, 4) is 0 Å². The third-order valence-electron chi connectivity index (χ3n) is 0.417. The van der Waals surface area contributed by atoms with Crippen molar-refractivity contribution in [3.05, 3.63) is 12.7 Å². The first-order valence-electron chi connectivity index (χ1n) is 1.97. The van der Waals surface area contributed by atoms with E-state index in [9.17, 15) is 0 Å². The second kappa shape index (κ2) is 4.41. The van der Waals surface area contributed by atoms with Crippen molar-refractivity contribution in [1.82, 2.24) is 0 Å². The van der Waals surface area contributed by atoms with Crippen LogP contribution in [0.5, 0.6) is 0 Å². The van der Waals surface area contributed by atoms with Crippen molar-refractivity contribution in [2.24, 2.45) is 4.99 Å². The molecular formula is C5H9N. The van der Waals surface area contributed by atoms with Crippen LogP contribution in [0.3, 0.4) is 0 Å². The second-order valence-electron chi connectivity index (χ2n) is 0.912. The first-order valence-corrected chi connectivity index (χ1v) is 1.97. The lowest BCUT2D eigenvalue weighted by molar-refractivity contribution is 1.26. The van der Waals surface area contributed by atoms with Crippen LogP contribution in [-0.2, 0) is 0 Å². The van der Waals surface area contributed by atoms with Crippen molar-refractivity contribution in [2.45, 2.75) is 6.92 Å². The third kappa shape index (κ3) is 3.41. The molecule has 0 aromatic heterocycles. The molecule has 0 rings (SSSR count). The zero-order valence-electron chi connectivity index (χ0n) is 4.02. The minimum atomic E-state index is 0.747. The third-order valence-corrected chi connectivity index (χ3v) is 0.417. The summed E-state index contributed by atoms with van der Waals surface area (Å²) in [5.74, 6) is 0. The average Bonchev–Trinajstić information content (AvgIpc) is 1.61. The number of rotatable bonds is 2. The van der Waals surface area contributed by atoms with E-state index in [0.717, 1.165) is 6.54 Å². The Morgan fingerprint density at radius 2 is 2.50 bits per heavy atom. The van der Waals surface area contributed by atoms with E-state index in [1.54, 1.807) is 12.3 Å². The summed E-state index contributed by atoms with van der Waals surface area (Å²) in [6, 6.07) is 0. The quantitative estimate of drug-likeness (QED) is 0.352. The maximum Gasteiger partial charge on any atom is 0.0563 e. The summed E-state index contributed by atoms with van der Waals surface area (Å²) in [6.07, 6.45) is 3.53. The van der Waals surface area contributed by atoms with Crippen molar-refractivity contribution < 1.29 is 0 Å². The predicted molar refractivity (Wildman–Crippen MR) is 29.2 cm³/mol. The van der Waals surface area contributed by atoms with E-state index in [1.807, 2.05) is 6.92 Å². The van der Waals surface area contributed by atoms with Gasteiger partial charge in [-0.15, -0.1) is 6.58 Å². The molecule has 0 unspecified atom stereocenters. The summed E-state index contributed by atoms with van der Waals surface area (Å²) < 4.78 is 0. The lowest BCUT2D eigenvalue weighted by Crippen LogP contribution is -1.66. The highest BCUT2D eigenvalue weighted by Crippen LogP contribution is 1.63. The smallest absolute Gasteiger partial charge is 0.0563 e.